The highest BCUT2D eigenvalue weighted by atomic mass is 35.5. The van der Waals surface area contributed by atoms with Gasteiger partial charge in [-0.3, -0.25) is 9.59 Å². The Hall–Kier alpha value is -0.750. The van der Waals surface area contributed by atoms with Gasteiger partial charge in [-0.25, -0.2) is 4.98 Å². The second-order valence-corrected chi connectivity index (χ2v) is 8.62. The normalized spacial score (nSPS) is 21.2. The molecule has 148 valence electrons. The molecular weight excluding hydrogens is 432 g/mol. The van der Waals surface area contributed by atoms with Crippen molar-refractivity contribution in [2.45, 2.75) is 51.0 Å². The van der Waals surface area contributed by atoms with Gasteiger partial charge in [-0.15, -0.1) is 0 Å². The largest absolute Gasteiger partial charge is 0.353 e. The molecule has 1 aliphatic heterocycles. The van der Waals surface area contributed by atoms with Crippen molar-refractivity contribution in [1.29, 1.82) is 0 Å². The van der Waals surface area contributed by atoms with Crippen LogP contribution in [0.15, 0.2) is 0 Å². The van der Waals surface area contributed by atoms with E-state index >= 15 is 0 Å². The van der Waals surface area contributed by atoms with Crippen molar-refractivity contribution < 1.29 is 9.59 Å². The lowest BCUT2D eigenvalue weighted by molar-refractivity contribution is -0.127. The summed E-state index contributed by atoms with van der Waals surface area (Å²) in [6.45, 7) is 0.856. The first-order valence-corrected chi connectivity index (χ1v) is 10.7. The van der Waals surface area contributed by atoms with Gasteiger partial charge in [0.2, 0.25) is 5.91 Å². The monoisotopic (exact) mass is 451 g/mol. The average Bonchev–Trinajstić information content (AvgIpc) is 2.69. The zero-order chi connectivity index (χ0) is 19.6. The third-order valence-electron chi connectivity index (χ3n) is 5.22. The van der Waals surface area contributed by atoms with Gasteiger partial charge in [-0.05, 0) is 25.7 Å². The summed E-state index contributed by atoms with van der Waals surface area (Å²) in [5.74, 6) is -0.608. The third-order valence-corrected chi connectivity index (χ3v) is 6.90. The summed E-state index contributed by atoms with van der Waals surface area (Å²) in [7, 11) is 0. The first kappa shape index (κ1) is 21.0. The van der Waals surface area contributed by atoms with Crippen LogP contribution in [0.25, 0.3) is 0 Å². The molecule has 3 rings (SSSR count). The Morgan fingerprint density at radius 2 is 1.63 bits per heavy atom. The van der Waals surface area contributed by atoms with Crippen molar-refractivity contribution in [2.24, 2.45) is 5.92 Å². The SMILES string of the molecule is O=C(NC1CCCCC1)C1CCCN(C(=O)c2nc(Cl)c(Cl)c(Cl)c2Cl)C1. The Morgan fingerprint density at radius 3 is 2.33 bits per heavy atom. The van der Waals surface area contributed by atoms with Gasteiger partial charge >= 0.3 is 0 Å². The number of carbonyl (C=O) groups is 2. The Morgan fingerprint density at radius 1 is 0.926 bits per heavy atom. The number of likely N-dealkylation sites (tertiary alicyclic amines) is 1. The molecule has 2 amide bonds. The maximum Gasteiger partial charge on any atom is 0.274 e. The number of nitrogens with zero attached hydrogens (tertiary/aromatic N) is 2. The summed E-state index contributed by atoms with van der Waals surface area (Å²) < 4.78 is 0. The van der Waals surface area contributed by atoms with E-state index in [0.717, 1.165) is 38.5 Å². The zero-order valence-electron chi connectivity index (χ0n) is 14.7. The lowest BCUT2D eigenvalue weighted by Crippen LogP contribution is -2.48. The molecule has 1 saturated heterocycles. The highest BCUT2D eigenvalue weighted by molar-refractivity contribution is 6.52. The van der Waals surface area contributed by atoms with Crippen LogP contribution in [0.1, 0.15) is 55.4 Å². The van der Waals surface area contributed by atoms with Gasteiger partial charge in [0.25, 0.3) is 5.91 Å². The van der Waals surface area contributed by atoms with Crippen molar-refractivity contribution in [3.63, 3.8) is 0 Å². The molecule has 1 aliphatic carbocycles. The van der Waals surface area contributed by atoms with Crippen molar-refractivity contribution in [1.82, 2.24) is 15.2 Å². The summed E-state index contributed by atoms with van der Waals surface area (Å²) >= 11 is 24.0. The van der Waals surface area contributed by atoms with Crippen molar-refractivity contribution in [2.75, 3.05) is 13.1 Å². The Balaban J connectivity index is 1.68. The summed E-state index contributed by atoms with van der Waals surface area (Å²) in [6.07, 6.45) is 7.10. The second kappa shape index (κ2) is 9.17. The summed E-state index contributed by atoms with van der Waals surface area (Å²) in [5.41, 5.74) is -0.0376. The number of piperidine rings is 1. The summed E-state index contributed by atoms with van der Waals surface area (Å²) in [4.78, 5) is 31.1. The Labute approximate surface area is 178 Å². The molecule has 1 aromatic heterocycles. The number of amides is 2. The van der Waals surface area contributed by atoms with Crippen LogP contribution in [-0.4, -0.2) is 40.8 Å². The van der Waals surface area contributed by atoms with Gasteiger partial charge < -0.3 is 10.2 Å². The van der Waals surface area contributed by atoms with Crippen LogP contribution in [0.3, 0.4) is 0 Å². The standard InChI is InChI=1S/C18H21Cl4N3O2/c19-12-13(20)15(24-16(22)14(12)21)18(27)25-8-4-5-10(9-25)17(26)23-11-6-2-1-3-7-11/h10-11H,1-9H2,(H,23,26). The molecule has 2 fully saturated rings. The summed E-state index contributed by atoms with van der Waals surface area (Å²) in [6, 6.07) is 0.252. The van der Waals surface area contributed by atoms with E-state index in [-0.39, 0.29) is 43.8 Å². The molecule has 1 unspecified atom stereocenters. The van der Waals surface area contributed by atoms with E-state index in [2.05, 4.69) is 10.3 Å². The number of halogens is 4. The minimum Gasteiger partial charge on any atom is -0.353 e. The van der Waals surface area contributed by atoms with Crippen LogP contribution in [0.4, 0.5) is 0 Å². The van der Waals surface area contributed by atoms with Gasteiger partial charge in [0.05, 0.1) is 21.0 Å². The van der Waals surface area contributed by atoms with Crippen LogP contribution in [-0.2, 0) is 4.79 Å². The van der Waals surface area contributed by atoms with E-state index in [0.29, 0.717) is 13.1 Å². The minimum absolute atomic E-state index is 0.00489. The second-order valence-electron chi connectivity index (χ2n) is 7.13. The number of aromatic nitrogens is 1. The molecule has 9 heteroatoms. The van der Waals surface area contributed by atoms with Crippen LogP contribution >= 0.6 is 46.4 Å². The number of nitrogens with one attached hydrogen (secondary N) is 1. The van der Waals surface area contributed by atoms with Gasteiger partial charge in [0.15, 0.2) is 0 Å². The molecule has 0 aromatic carbocycles. The molecule has 1 saturated carbocycles. The number of hydrogen-bond acceptors (Lipinski definition) is 3. The quantitative estimate of drug-likeness (QED) is 0.656. The van der Waals surface area contributed by atoms with Crippen LogP contribution < -0.4 is 5.32 Å². The van der Waals surface area contributed by atoms with Gasteiger partial charge in [-0.2, -0.15) is 0 Å². The summed E-state index contributed by atoms with van der Waals surface area (Å²) in [5, 5.41) is 3.07. The van der Waals surface area contributed by atoms with Crippen LogP contribution in [0.5, 0.6) is 0 Å². The molecule has 2 heterocycles. The maximum absolute atomic E-state index is 12.9. The minimum atomic E-state index is -0.393. The molecule has 1 atom stereocenters. The van der Waals surface area contributed by atoms with E-state index in [1.165, 1.54) is 6.42 Å². The first-order valence-electron chi connectivity index (χ1n) is 9.18. The van der Waals surface area contributed by atoms with E-state index in [9.17, 15) is 9.59 Å². The van der Waals surface area contributed by atoms with Crippen molar-refractivity contribution >= 4 is 58.2 Å². The van der Waals surface area contributed by atoms with E-state index in [4.69, 9.17) is 46.4 Å². The fourth-order valence-corrected chi connectivity index (χ4v) is 4.53. The first-order chi connectivity index (χ1) is 12.9. The van der Waals surface area contributed by atoms with Crippen molar-refractivity contribution in [3.05, 3.63) is 25.9 Å². The molecule has 1 aromatic rings. The van der Waals surface area contributed by atoms with E-state index in [1.54, 1.807) is 4.90 Å². The fraction of sp³-hybridized carbons (Fsp3) is 0.611. The van der Waals surface area contributed by atoms with Gasteiger partial charge in [-0.1, -0.05) is 65.7 Å². The highest BCUT2D eigenvalue weighted by Gasteiger charge is 2.32. The number of carbonyl (C=O) groups excluding carboxylic acids is 2. The van der Waals surface area contributed by atoms with Crippen LogP contribution in [0, 0.1) is 5.92 Å². The third kappa shape index (κ3) is 4.81. The molecular formula is C18H21Cl4N3O2. The predicted molar refractivity (Wildman–Crippen MR) is 108 cm³/mol. The topological polar surface area (TPSA) is 62.3 Å². The molecule has 0 radical (unpaired) electrons. The lowest BCUT2D eigenvalue weighted by atomic mass is 9.93. The molecule has 5 nitrogen and oxygen atoms in total. The molecule has 0 spiro atoms. The highest BCUT2D eigenvalue weighted by Crippen LogP contribution is 2.36. The smallest absolute Gasteiger partial charge is 0.274 e. The lowest BCUT2D eigenvalue weighted by Gasteiger charge is -2.33. The number of hydrogen-bond donors (Lipinski definition) is 1. The molecule has 27 heavy (non-hydrogen) atoms. The van der Waals surface area contributed by atoms with E-state index in [1.807, 2.05) is 0 Å². The maximum atomic E-state index is 12.9. The average molecular weight is 453 g/mol. The molecule has 0 bridgehead atoms. The van der Waals surface area contributed by atoms with Gasteiger partial charge in [0, 0.05) is 19.1 Å². The van der Waals surface area contributed by atoms with E-state index < -0.39 is 5.91 Å². The molecule has 1 N–H and O–H groups in total. The zero-order valence-corrected chi connectivity index (χ0v) is 17.8. The van der Waals surface area contributed by atoms with Crippen LogP contribution in [0.2, 0.25) is 20.2 Å². The van der Waals surface area contributed by atoms with Crippen molar-refractivity contribution in [3.8, 4) is 0 Å². The van der Waals surface area contributed by atoms with Gasteiger partial charge in [0.1, 0.15) is 10.8 Å². The molecule has 2 aliphatic rings. The fourth-order valence-electron chi connectivity index (χ4n) is 3.72. The predicted octanol–water partition coefficient (Wildman–Crippen LogP) is 5.00. The Bertz CT molecular complexity index is 738. The Kier molecular flexibility index (Phi) is 7.12. The number of rotatable bonds is 3. The number of pyridine rings is 1.